The number of aliphatic carboxylic acids is 1. The highest BCUT2D eigenvalue weighted by molar-refractivity contribution is 14.1. The highest BCUT2D eigenvalue weighted by atomic mass is 127. The summed E-state index contributed by atoms with van der Waals surface area (Å²) in [5.74, 6) is -0.0514. The molecule has 0 saturated heterocycles. The summed E-state index contributed by atoms with van der Waals surface area (Å²) in [5, 5.41) is 20.9. The predicted octanol–water partition coefficient (Wildman–Crippen LogP) is 2.99. The summed E-state index contributed by atoms with van der Waals surface area (Å²) in [6, 6.07) is 5.58. The van der Waals surface area contributed by atoms with E-state index in [2.05, 4.69) is 43.1 Å². The summed E-state index contributed by atoms with van der Waals surface area (Å²) in [5.41, 5.74) is 0. The first-order chi connectivity index (χ1) is 13.0. The first-order valence-corrected chi connectivity index (χ1v) is 9.95. The third kappa shape index (κ3) is 5.49. The number of nitrogens with zero attached hydrogens (tertiary/aromatic N) is 5. The minimum absolute atomic E-state index is 0.325. The van der Waals surface area contributed by atoms with Gasteiger partial charge in [0.2, 0.25) is 0 Å². The van der Waals surface area contributed by atoms with E-state index in [1.807, 2.05) is 12.1 Å². The van der Waals surface area contributed by atoms with Gasteiger partial charge in [-0.3, -0.25) is 4.79 Å². The molecule has 0 radical (unpaired) electrons. The molecule has 0 unspecified atom stereocenters. The van der Waals surface area contributed by atoms with Crippen LogP contribution in [0.3, 0.4) is 0 Å². The molecule has 2 heterocycles. The molecule has 0 spiro atoms. The fourth-order valence-electron chi connectivity index (χ4n) is 2.03. The number of carboxylic acids is 1. The molecule has 0 aliphatic carbocycles. The van der Waals surface area contributed by atoms with Gasteiger partial charge in [0.15, 0.2) is 5.82 Å². The number of thiazole rings is 1. The van der Waals surface area contributed by atoms with Crippen molar-refractivity contribution in [3.8, 4) is 21.6 Å². The van der Waals surface area contributed by atoms with Crippen molar-refractivity contribution in [1.82, 2.24) is 25.2 Å². The highest BCUT2D eigenvalue weighted by Crippen LogP contribution is 2.29. The van der Waals surface area contributed by atoms with Gasteiger partial charge in [-0.2, -0.15) is 0 Å². The smallest absolute Gasteiger partial charge is 0.325 e. The Bertz CT molecular complexity index is 935. The Hall–Kier alpha value is -1.99. The Morgan fingerprint density at radius 3 is 2.96 bits per heavy atom. The third-order valence-electron chi connectivity index (χ3n) is 3.19. The molecule has 3 rings (SSSR count). The lowest BCUT2D eigenvalue weighted by molar-refractivity contribution is -0.137. The SMILES string of the molecule is O=C(O)Cn1nnnc1-c1cnc(OCCCOc2cc(I)ccc2Cl)s1. The molecular weight excluding hydrogens is 509 g/mol. The second kappa shape index (κ2) is 9.28. The summed E-state index contributed by atoms with van der Waals surface area (Å²) >= 11 is 9.51. The summed E-state index contributed by atoms with van der Waals surface area (Å²) in [6.07, 6.45) is 2.19. The van der Waals surface area contributed by atoms with Crippen LogP contribution in [0.5, 0.6) is 10.9 Å². The fourth-order valence-corrected chi connectivity index (χ4v) is 3.45. The zero-order valence-corrected chi connectivity index (χ0v) is 17.4. The molecular formula is C15H13ClIN5O4S. The maximum Gasteiger partial charge on any atom is 0.325 e. The van der Waals surface area contributed by atoms with Crippen molar-refractivity contribution < 1.29 is 19.4 Å². The monoisotopic (exact) mass is 521 g/mol. The molecule has 2 aromatic heterocycles. The van der Waals surface area contributed by atoms with Crippen LogP contribution in [-0.2, 0) is 11.3 Å². The van der Waals surface area contributed by atoms with E-state index in [0.717, 1.165) is 3.57 Å². The van der Waals surface area contributed by atoms with Crippen LogP contribution < -0.4 is 9.47 Å². The Morgan fingerprint density at radius 1 is 1.33 bits per heavy atom. The molecule has 0 aliphatic heterocycles. The summed E-state index contributed by atoms with van der Waals surface area (Å²) in [4.78, 5) is 15.6. The molecule has 0 bridgehead atoms. The number of carboxylic acid groups (broad SMARTS) is 1. The van der Waals surface area contributed by atoms with E-state index in [-0.39, 0.29) is 6.54 Å². The van der Waals surface area contributed by atoms with Crippen molar-refractivity contribution in [2.45, 2.75) is 13.0 Å². The van der Waals surface area contributed by atoms with Crippen molar-refractivity contribution >= 4 is 51.5 Å². The standard InChI is InChI=1S/C15H13ClIN5O4S/c16-10-3-2-9(17)6-11(10)25-4-1-5-26-15-18-7-12(27-15)14-19-20-21-22(14)8-13(23)24/h2-3,6-7H,1,4-5,8H2,(H,23,24). The molecule has 3 aromatic rings. The lowest BCUT2D eigenvalue weighted by Gasteiger charge is -2.08. The van der Waals surface area contributed by atoms with Crippen molar-refractivity contribution in [2.75, 3.05) is 13.2 Å². The fraction of sp³-hybridized carbons (Fsp3) is 0.267. The summed E-state index contributed by atoms with van der Waals surface area (Å²) in [6.45, 7) is 0.540. The average molecular weight is 522 g/mol. The molecule has 12 heteroatoms. The normalized spacial score (nSPS) is 10.7. The van der Waals surface area contributed by atoms with Gasteiger partial charge in [0, 0.05) is 9.99 Å². The minimum atomic E-state index is -1.03. The highest BCUT2D eigenvalue weighted by Gasteiger charge is 2.15. The summed E-state index contributed by atoms with van der Waals surface area (Å²) in [7, 11) is 0. The van der Waals surface area contributed by atoms with E-state index in [1.165, 1.54) is 16.0 Å². The second-order valence-electron chi connectivity index (χ2n) is 5.17. The van der Waals surface area contributed by atoms with Crippen LogP contribution in [0.2, 0.25) is 5.02 Å². The molecule has 0 saturated carbocycles. The van der Waals surface area contributed by atoms with Crippen LogP contribution in [0.15, 0.2) is 24.4 Å². The Labute approximate surface area is 176 Å². The zero-order chi connectivity index (χ0) is 19.2. The van der Waals surface area contributed by atoms with Crippen LogP contribution in [0.25, 0.3) is 10.7 Å². The number of benzene rings is 1. The lowest BCUT2D eigenvalue weighted by Crippen LogP contribution is -2.11. The first-order valence-electron chi connectivity index (χ1n) is 7.68. The van der Waals surface area contributed by atoms with Crippen molar-refractivity contribution in [3.05, 3.63) is 33.0 Å². The van der Waals surface area contributed by atoms with Crippen molar-refractivity contribution in [3.63, 3.8) is 0 Å². The molecule has 27 heavy (non-hydrogen) atoms. The van der Waals surface area contributed by atoms with Crippen molar-refractivity contribution in [1.29, 1.82) is 0 Å². The van der Waals surface area contributed by atoms with Crippen LogP contribution in [0.4, 0.5) is 0 Å². The molecule has 1 aromatic carbocycles. The Balaban J connectivity index is 1.48. The van der Waals surface area contributed by atoms with Crippen molar-refractivity contribution in [2.24, 2.45) is 0 Å². The average Bonchev–Trinajstić information content (AvgIpc) is 3.26. The van der Waals surface area contributed by atoms with Crippen LogP contribution >= 0.6 is 45.5 Å². The maximum absolute atomic E-state index is 10.8. The number of hydrogen-bond donors (Lipinski definition) is 1. The molecule has 9 nitrogen and oxygen atoms in total. The predicted molar refractivity (Wildman–Crippen MR) is 106 cm³/mol. The largest absolute Gasteiger partial charge is 0.492 e. The molecule has 0 fully saturated rings. The number of carbonyl (C=O) groups is 1. The zero-order valence-electron chi connectivity index (χ0n) is 13.7. The molecule has 0 amide bonds. The molecule has 1 N–H and O–H groups in total. The maximum atomic E-state index is 10.8. The van der Waals surface area contributed by atoms with Crippen LogP contribution in [0.1, 0.15) is 6.42 Å². The van der Waals surface area contributed by atoms with E-state index >= 15 is 0 Å². The third-order valence-corrected chi connectivity index (χ3v) is 5.08. The van der Waals surface area contributed by atoms with Gasteiger partial charge in [-0.25, -0.2) is 9.67 Å². The lowest BCUT2D eigenvalue weighted by atomic mass is 10.3. The number of tetrazole rings is 1. The van der Waals surface area contributed by atoms with Gasteiger partial charge in [0.25, 0.3) is 5.19 Å². The number of ether oxygens (including phenoxy) is 2. The van der Waals surface area contributed by atoms with Gasteiger partial charge >= 0.3 is 5.97 Å². The Morgan fingerprint density at radius 2 is 2.15 bits per heavy atom. The first kappa shape index (κ1) is 19.8. The Kier molecular flexibility index (Phi) is 6.79. The van der Waals surface area contributed by atoms with Crippen LogP contribution in [0, 0.1) is 3.57 Å². The number of rotatable bonds is 9. The molecule has 0 aliphatic rings. The van der Waals surface area contributed by atoms with E-state index in [4.69, 9.17) is 26.2 Å². The van der Waals surface area contributed by atoms with Gasteiger partial charge in [-0.1, -0.05) is 22.9 Å². The van der Waals surface area contributed by atoms with E-state index in [0.29, 0.717) is 46.3 Å². The van der Waals surface area contributed by atoms with Gasteiger partial charge < -0.3 is 14.6 Å². The van der Waals surface area contributed by atoms with Gasteiger partial charge in [0.05, 0.1) is 29.3 Å². The second-order valence-corrected chi connectivity index (χ2v) is 7.82. The summed E-state index contributed by atoms with van der Waals surface area (Å²) < 4.78 is 13.5. The molecule has 142 valence electrons. The van der Waals surface area contributed by atoms with Gasteiger partial charge in [0.1, 0.15) is 12.3 Å². The number of hydrogen-bond acceptors (Lipinski definition) is 8. The van der Waals surface area contributed by atoms with E-state index < -0.39 is 5.97 Å². The quantitative estimate of drug-likeness (QED) is 0.338. The van der Waals surface area contributed by atoms with Crippen LogP contribution in [-0.4, -0.2) is 49.5 Å². The number of halogens is 2. The topological polar surface area (TPSA) is 112 Å². The molecule has 0 atom stereocenters. The van der Waals surface area contributed by atoms with Gasteiger partial charge in [-0.05, 0) is 51.2 Å². The van der Waals surface area contributed by atoms with Gasteiger partial charge in [-0.15, -0.1) is 5.10 Å². The van der Waals surface area contributed by atoms with E-state index in [1.54, 1.807) is 12.3 Å². The minimum Gasteiger partial charge on any atom is -0.492 e. The number of aromatic nitrogens is 5. The van der Waals surface area contributed by atoms with E-state index in [9.17, 15) is 4.79 Å².